The maximum atomic E-state index is 5.94. The largest absolute Gasteiger partial charge is 0.492 e. The van der Waals surface area contributed by atoms with Crippen LogP contribution in [0, 0.1) is 0 Å². The zero-order valence-corrected chi connectivity index (χ0v) is 17.1. The van der Waals surface area contributed by atoms with Crippen molar-refractivity contribution in [2.24, 2.45) is 5.73 Å². The number of rotatable bonds is 6. The zero-order valence-electron chi connectivity index (χ0n) is 17.1. The normalized spacial score (nSPS) is 12.8. The van der Waals surface area contributed by atoms with Crippen LogP contribution in [0.1, 0.15) is 30.7 Å². The Morgan fingerprint density at radius 2 is 1.90 bits per heavy atom. The van der Waals surface area contributed by atoms with Crippen molar-refractivity contribution >= 4 is 21.9 Å². The molecule has 0 atom stereocenters. The molecule has 4 heterocycles. The predicted octanol–water partition coefficient (Wildman–Crippen LogP) is 4.22. The highest BCUT2D eigenvalue weighted by atomic mass is 16.5. The number of aryl methyl sites for hydroxylation is 1. The van der Waals surface area contributed by atoms with Gasteiger partial charge in [0.1, 0.15) is 11.3 Å². The van der Waals surface area contributed by atoms with E-state index in [0.29, 0.717) is 0 Å². The molecule has 3 N–H and O–H groups in total. The maximum Gasteiger partial charge on any atom is 0.158 e. The summed E-state index contributed by atoms with van der Waals surface area (Å²) in [7, 11) is 0. The van der Waals surface area contributed by atoms with E-state index in [4.69, 9.17) is 14.9 Å². The Morgan fingerprint density at radius 3 is 2.80 bits per heavy atom. The molecule has 0 saturated heterocycles. The number of fused-ring (bicyclic) bond motifs is 4. The second-order valence-corrected chi connectivity index (χ2v) is 7.31. The van der Waals surface area contributed by atoms with E-state index < -0.39 is 0 Å². The third-order valence-corrected chi connectivity index (χ3v) is 5.13. The lowest BCUT2D eigenvalue weighted by molar-refractivity contribution is 0.285. The van der Waals surface area contributed by atoms with Gasteiger partial charge in [0.25, 0.3) is 0 Å². The van der Waals surface area contributed by atoms with Crippen LogP contribution < -0.4 is 15.8 Å². The van der Waals surface area contributed by atoms with Crippen molar-refractivity contribution in [1.82, 2.24) is 15.3 Å². The lowest BCUT2D eigenvalue weighted by Crippen LogP contribution is -2.16. The number of aromatic nitrogens is 2. The van der Waals surface area contributed by atoms with Gasteiger partial charge in [-0.2, -0.15) is 0 Å². The molecule has 0 radical (unpaired) electrons. The second-order valence-electron chi connectivity index (χ2n) is 7.31. The van der Waals surface area contributed by atoms with E-state index in [9.17, 15) is 0 Å². The molecule has 0 aliphatic carbocycles. The van der Waals surface area contributed by atoms with E-state index in [1.165, 1.54) is 0 Å². The molecular formula is C24H28N4O2. The molecule has 6 nitrogen and oxygen atoms in total. The van der Waals surface area contributed by atoms with Crippen LogP contribution in [-0.2, 0) is 13.0 Å². The number of hydrogen-bond donors (Lipinski definition) is 2. The molecule has 1 aliphatic heterocycles. The van der Waals surface area contributed by atoms with Gasteiger partial charge in [-0.05, 0) is 63.0 Å². The van der Waals surface area contributed by atoms with Crippen molar-refractivity contribution in [3.8, 4) is 5.75 Å². The molecular weight excluding hydrogens is 376 g/mol. The number of pyridine rings is 2. The Morgan fingerprint density at radius 1 is 0.967 bits per heavy atom. The van der Waals surface area contributed by atoms with E-state index in [0.717, 1.165) is 91.0 Å². The Balaban J connectivity index is 0.000000181. The molecule has 5 rings (SSSR count). The predicted molar refractivity (Wildman–Crippen MR) is 120 cm³/mol. The highest BCUT2D eigenvalue weighted by Crippen LogP contribution is 2.29. The van der Waals surface area contributed by atoms with Crippen LogP contribution in [0.4, 0.5) is 0 Å². The van der Waals surface area contributed by atoms with Crippen molar-refractivity contribution in [3.05, 3.63) is 66.2 Å². The Bertz CT molecular complexity index is 1070. The van der Waals surface area contributed by atoms with E-state index in [1.54, 1.807) is 0 Å². The van der Waals surface area contributed by atoms with E-state index in [1.807, 2.05) is 48.8 Å². The lowest BCUT2D eigenvalue weighted by Gasteiger charge is -2.14. The van der Waals surface area contributed by atoms with Gasteiger partial charge in [-0.1, -0.05) is 18.2 Å². The first-order valence-electron chi connectivity index (χ1n) is 10.6. The van der Waals surface area contributed by atoms with Crippen molar-refractivity contribution < 1.29 is 9.15 Å². The van der Waals surface area contributed by atoms with Crippen LogP contribution in [0.2, 0.25) is 0 Å². The molecule has 30 heavy (non-hydrogen) atoms. The number of unbranched alkanes of at least 4 members (excludes halogenated alkanes) is 1. The average Bonchev–Trinajstić information content (AvgIpc) is 3.19. The van der Waals surface area contributed by atoms with Gasteiger partial charge in [-0.25, -0.2) is 0 Å². The fourth-order valence-electron chi connectivity index (χ4n) is 3.60. The summed E-state index contributed by atoms with van der Waals surface area (Å²) < 4.78 is 11.3. The molecule has 0 spiro atoms. The number of nitrogens with zero attached hydrogens (tertiary/aromatic N) is 2. The van der Waals surface area contributed by atoms with Gasteiger partial charge in [-0.15, -0.1) is 0 Å². The number of nitrogens with two attached hydrogens (primary N) is 1. The number of para-hydroxylation sites is 1. The van der Waals surface area contributed by atoms with Gasteiger partial charge in [0.15, 0.2) is 5.58 Å². The monoisotopic (exact) mass is 404 g/mol. The van der Waals surface area contributed by atoms with E-state index >= 15 is 0 Å². The van der Waals surface area contributed by atoms with Gasteiger partial charge in [0.2, 0.25) is 0 Å². The summed E-state index contributed by atoms with van der Waals surface area (Å²) in [6.45, 7) is 3.27. The van der Waals surface area contributed by atoms with Crippen LogP contribution in [0.3, 0.4) is 0 Å². The summed E-state index contributed by atoms with van der Waals surface area (Å²) in [6.07, 6.45) is 7.97. The summed E-state index contributed by atoms with van der Waals surface area (Å²) in [6, 6.07) is 14.0. The first-order valence-corrected chi connectivity index (χ1v) is 10.6. The number of ether oxygens (including phenoxy) is 1. The van der Waals surface area contributed by atoms with Crippen molar-refractivity contribution in [3.63, 3.8) is 0 Å². The van der Waals surface area contributed by atoms with E-state index in [-0.39, 0.29) is 0 Å². The Labute approximate surface area is 176 Å². The summed E-state index contributed by atoms with van der Waals surface area (Å²) in [5.74, 6) is 0.966. The van der Waals surface area contributed by atoms with Crippen molar-refractivity contribution in [2.45, 2.75) is 32.2 Å². The maximum absolute atomic E-state index is 5.94. The minimum Gasteiger partial charge on any atom is -0.492 e. The highest BCUT2D eigenvalue weighted by Gasteiger charge is 2.11. The molecule has 3 aromatic heterocycles. The SMILES string of the molecule is NCCCCNCc1nccc2c1oc1ccccc12.c1cnc2c(c1)OCCC2. The minimum absolute atomic E-state index is 0.724. The van der Waals surface area contributed by atoms with Crippen LogP contribution in [0.25, 0.3) is 21.9 Å². The molecule has 1 aromatic carbocycles. The third kappa shape index (κ3) is 4.78. The fourth-order valence-corrected chi connectivity index (χ4v) is 3.60. The third-order valence-electron chi connectivity index (χ3n) is 5.13. The summed E-state index contributed by atoms with van der Waals surface area (Å²) in [5, 5.41) is 5.68. The summed E-state index contributed by atoms with van der Waals surface area (Å²) >= 11 is 0. The summed E-state index contributed by atoms with van der Waals surface area (Å²) in [4.78, 5) is 8.63. The first-order chi connectivity index (χ1) is 14.9. The number of hydrogen-bond acceptors (Lipinski definition) is 6. The molecule has 0 amide bonds. The first kappa shape index (κ1) is 20.3. The summed E-state index contributed by atoms with van der Waals surface area (Å²) in [5.41, 5.74) is 9.36. The fraction of sp³-hybridized carbons (Fsp3) is 0.333. The Kier molecular flexibility index (Phi) is 6.90. The smallest absolute Gasteiger partial charge is 0.158 e. The lowest BCUT2D eigenvalue weighted by atomic mass is 10.1. The zero-order chi connectivity index (χ0) is 20.6. The average molecular weight is 405 g/mol. The molecule has 156 valence electrons. The molecule has 0 saturated carbocycles. The topological polar surface area (TPSA) is 86.2 Å². The molecule has 0 unspecified atom stereocenters. The molecule has 0 fully saturated rings. The number of nitrogens with one attached hydrogen (secondary N) is 1. The minimum atomic E-state index is 0.724. The van der Waals surface area contributed by atoms with Crippen molar-refractivity contribution in [2.75, 3.05) is 19.7 Å². The van der Waals surface area contributed by atoms with Crippen LogP contribution in [0.5, 0.6) is 5.75 Å². The molecule has 0 bridgehead atoms. The number of benzene rings is 1. The standard InChI is InChI=1S/C16H19N3O.C8H9NO/c17-8-3-4-9-18-11-14-16-13(7-10-19-14)12-5-1-2-6-15(12)20-16;1-4-8-7(9-5-1)3-2-6-10-8/h1-2,5-7,10,18H,3-4,8-9,11,17H2;1,4-5H,2-3,6H2. The molecule has 6 heteroatoms. The van der Waals surface area contributed by atoms with Crippen LogP contribution >= 0.6 is 0 Å². The van der Waals surface area contributed by atoms with Crippen LogP contribution in [-0.4, -0.2) is 29.7 Å². The molecule has 1 aliphatic rings. The highest BCUT2D eigenvalue weighted by molar-refractivity contribution is 6.05. The van der Waals surface area contributed by atoms with Gasteiger partial charge < -0.3 is 20.2 Å². The van der Waals surface area contributed by atoms with Gasteiger partial charge >= 0.3 is 0 Å². The van der Waals surface area contributed by atoms with Crippen LogP contribution in [0.15, 0.2) is 59.3 Å². The second kappa shape index (κ2) is 10.2. The molecule has 4 aromatic rings. The van der Waals surface area contributed by atoms with Crippen molar-refractivity contribution in [1.29, 1.82) is 0 Å². The van der Waals surface area contributed by atoms with Gasteiger partial charge in [0.05, 0.1) is 18.0 Å². The van der Waals surface area contributed by atoms with Gasteiger partial charge in [0, 0.05) is 29.7 Å². The quantitative estimate of drug-likeness (QED) is 0.468. The number of furan rings is 1. The van der Waals surface area contributed by atoms with E-state index in [2.05, 4.69) is 21.4 Å². The Hall–Kier alpha value is -2.96. The van der Waals surface area contributed by atoms with Gasteiger partial charge in [-0.3, -0.25) is 9.97 Å².